The molecule has 0 saturated heterocycles. The summed E-state index contributed by atoms with van der Waals surface area (Å²) in [6.45, 7) is 24.2. The minimum atomic E-state index is -3.99. The number of anilines is 2. The molecule has 142 heavy (non-hydrogen) atoms. The van der Waals surface area contributed by atoms with Crippen LogP contribution in [0.25, 0.3) is 0 Å². The van der Waals surface area contributed by atoms with Gasteiger partial charge in [0.05, 0.1) is 56.5 Å². The van der Waals surface area contributed by atoms with Gasteiger partial charge in [-0.05, 0) is 273 Å². The van der Waals surface area contributed by atoms with Crippen LogP contribution in [0, 0.1) is 6.92 Å². The van der Waals surface area contributed by atoms with Gasteiger partial charge in [-0.1, -0.05) is 167 Å². The van der Waals surface area contributed by atoms with Crippen LogP contribution in [0.1, 0.15) is 210 Å². The number of nitrogens with one attached hydrogen (secondary N) is 8. The molecule has 0 aromatic heterocycles. The third kappa shape index (κ3) is 25.4. The van der Waals surface area contributed by atoms with E-state index in [0.29, 0.717) is 98.6 Å². The number of ether oxygens (including phenoxy) is 5. The summed E-state index contributed by atoms with van der Waals surface area (Å²) in [4.78, 5) is 52.1. The van der Waals surface area contributed by atoms with E-state index in [9.17, 15) is 73.3 Å². The summed E-state index contributed by atoms with van der Waals surface area (Å²) in [5, 5.41) is 55.8. The zero-order chi connectivity index (χ0) is 103. The number of sulfonamides is 4. The molecule has 0 aliphatic carbocycles. The standard InChI is InChI=1S/C28H32N2O6S.C28H32N2O5S.C27H30N2O5S.C26H28N2O5S/c1-6-18-10-13-20(14-11-18)37(33,34)30-25-21-16-19(12-15-22(21)36-28(3,4)26(25)31)27(32)29-24-17(2)8-7-9-23(24)35-5;1-4-19-10-13-22(14-11-19)36(33,34)30-25-23-18-21(12-15-24(23)35-28(2,3)26(25)31)27(32)29-17-16-20-8-6-5-7-9-20;1-4-18-10-13-21(14-11-18)35(32,33)29-24-22-16-20(12-15-23(22)34-27(2,3)25(24)30)26(31)28-17-19-8-6-5-7-9-19;1-4-17-10-13-20(14-11-17)34(31,32)28-23-21-16-18(25(30)27-19-8-6-5-7-9-19)12-15-22(21)33-26(2,3)24(23)29/h7-16,25-26,30-31H,6H2,1-5H3,(H,29,32);5-15,18,25-26,30-31H,4,16-17H2,1-3H3,(H,29,32);5-16,24-25,29-30H,4,17H2,1-3H3,(H,28,31);5-16,23-24,28-29H,4H2,1-3H3,(H,27,30)/t2*25-,26+;24-,25+;23-,24+/m1111/s1. The summed E-state index contributed by atoms with van der Waals surface area (Å²) in [5.74, 6) is 0.768. The number of benzene rings is 12. The lowest BCUT2D eigenvalue weighted by atomic mass is 9.86. The number of rotatable bonds is 28. The van der Waals surface area contributed by atoms with Crippen LogP contribution in [0.3, 0.4) is 0 Å². The van der Waals surface area contributed by atoms with Crippen LogP contribution in [0.5, 0.6) is 28.7 Å². The van der Waals surface area contributed by atoms with Crippen LogP contribution in [-0.4, -0.2) is 138 Å². The highest BCUT2D eigenvalue weighted by molar-refractivity contribution is 7.90. The topological polar surface area (TPSA) is 428 Å². The summed E-state index contributed by atoms with van der Waals surface area (Å²) in [6, 6.07) is 75.5. The highest BCUT2D eigenvalue weighted by atomic mass is 32.2. The number of aryl methyl sites for hydroxylation is 5. The number of para-hydroxylation sites is 2. The summed E-state index contributed by atoms with van der Waals surface area (Å²) in [6.07, 6.45) is -0.945. The Morgan fingerprint density at radius 3 is 0.908 bits per heavy atom. The van der Waals surface area contributed by atoms with Gasteiger partial charge in [-0.3, -0.25) is 19.2 Å². The Labute approximate surface area is 830 Å². The molecule has 12 aromatic carbocycles. The van der Waals surface area contributed by atoms with Gasteiger partial charge in [0, 0.05) is 63.3 Å². The van der Waals surface area contributed by atoms with Crippen molar-refractivity contribution in [2.75, 3.05) is 24.3 Å². The number of hydrogen-bond donors (Lipinski definition) is 12. The Kier molecular flexibility index (Phi) is 33.4. The second-order valence-electron chi connectivity index (χ2n) is 37.1. The Morgan fingerprint density at radius 1 is 0.324 bits per heavy atom. The molecule has 0 unspecified atom stereocenters. The van der Waals surface area contributed by atoms with Gasteiger partial charge in [0.1, 0.15) is 75.6 Å². The van der Waals surface area contributed by atoms with Crippen molar-refractivity contribution in [2.24, 2.45) is 0 Å². The number of carbonyl (C=O) groups is 4. The van der Waals surface area contributed by atoms with E-state index in [1.165, 1.54) is 7.11 Å². The zero-order valence-corrected chi connectivity index (χ0v) is 84.8. The first kappa shape index (κ1) is 106. The highest BCUT2D eigenvalue weighted by Gasteiger charge is 2.50. The van der Waals surface area contributed by atoms with Gasteiger partial charge < -0.3 is 65.4 Å². The van der Waals surface area contributed by atoms with E-state index in [4.69, 9.17) is 23.7 Å². The van der Waals surface area contributed by atoms with Gasteiger partial charge >= 0.3 is 0 Å². The molecule has 12 aromatic rings. The number of carbonyl (C=O) groups excluding carboxylic acids is 4. The van der Waals surface area contributed by atoms with Gasteiger partial charge in [-0.2, -0.15) is 0 Å². The van der Waals surface area contributed by atoms with E-state index in [0.717, 1.165) is 64.6 Å². The van der Waals surface area contributed by atoms with Crippen molar-refractivity contribution in [3.05, 3.63) is 363 Å². The molecule has 12 N–H and O–H groups in total. The predicted octanol–water partition coefficient (Wildman–Crippen LogP) is 15.9. The van der Waals surface area contributed by atoms with Gasteiger partial charge in [0.2, 0.25) is 40.1 Å². The molecule has 0 radical (unpaired) electrons. The van der Waals surface area contributed by atoms with Gasteiger partial charge in [0.15, 0.2) is 0 Å². The molecular formula is C109H122N8O21S4. The van der Waals surface area contributed by atoms with Crippen LogP contribution < -0.4 is 63.8 Å². The van der Waals surface area contributed by atoms with Crippen molar-refractivity contribution in [2.45, 2.75) is 219 Å². The van der Waals surface area contributed by atoms with Gasteiger partial charge in [-0.25, -0.2) is 52.6 Å². The number of aliphatic hydroxyl groups excluding tert-OH is 4. The molecular weight excluding hydrogens is 1890 g/mol. The fraction of sp³-hybridized carbons (Fsp3) is 0.303. The second kappa shape index (κ2) is 44.7. The first-order valence-corrected chi connectivity index (χ1v) is 52.7. The average Bonchev–Trinajstić information content (AvgIpc) is 0.765. The van der Waals surface area contributed by atoms with Crippen LogP contribution in [0.15, 0.2) is 299 Å². The SMILES string of the molecule is CCc1ccc(S(=O)(=O)N[C@@H]2c3cc(C(=O)NCCc4ccccc4)ccc3OC(C)(C)[C@H]2O)cc1.CCc1ccc(S(=O)(=O)N[C@@H]2c3cc(C(=O)NCc4ccccc4)ccc3OC(C)(C)[C@H]2O)cc1.CCc1ccc(S(=O)(=O)N[C@@H]2c3cc(C(=O)Nc4c(C)cccc4OC)ccc3OC(C)(C)[C@H]2O)cc1.CCc1ccc(S(=O)(=O)N[C@@H]2c3cc(C(=O)Nc4ccccc4)ccc3OC(C)(C)[C@H]2O)cc1. The van der Waals surface area contributed by atoms with Crippen molar-refractivity contribution in [1.82, 2.24) is 29.5 Å². The fourth-order valence-electron chi connectivity index (χ4n) is 16.7. The lowest BCUT2D eigenvalue weighted by Crippen LogP contribution is -2.53. The molecule has 4 aliphatic heterocycles. The number of aliphatic hydroxyl groups is 4. The molecule has 33 heteroatoms. The lowest BCUT2D eigenvalue weighted by molar-refractivity contribution is -0.0603. The Bertz CT molecular complexity index is 7010. The first-order valence-electron chi connectivity index (χ1n) is 46.7. The Hall–Kier alpha value is -13.0. The van der Waals surface area contributed by atoms with E-state index < -0.39 is 117 Å². The molecule has 4 heterocycles. The molecule has 0 spiro atoms. The zero-order valence-electron chi connectivity index (χ0n) is 81.5. The largest absolute Gasteiger partial charge is 0.495 e. The van der Waals surface area contributed by atoms with E-state index in [-0.39, 0.29) is 42.9 Å². The minimum Gasteiger partial charge on any atom is -0.495 e. The summed E-state index contributed by atoms with van der Waals surface area (Å²) in [5.41, 5.74) is 6.76. The number of fused-ring (bicyclic) bond motifs is 4. The van der Waals surface area contributed by atoms with Crippen LogP contribution in [-0.2, 0) is 78.7 Å². The van der Waals surface area contributed by atoms with Crippen molar-refractivity contribution in [3.8, 4) is 28.7 Å². The molecule has 0 fully saturated rings. The Morgan fingerprint density at radius 2 is 0.606 bits per heavy atom. The Balaban J connectivity index is 0.000000159. The molecule has 0 saturated carbocycles. The van der Waals surface area contributed by atoms with E-state index in [1.807, 2.05) is 126 Å². The molecule has 29 nitrogen and oxygen atoms in total. The third-order valence-electron chi connectivity index (χ3n) is 25.3. The summed E-state index contributed by atoms with van der Waals surface area (Å²) >= 11 is 0. The van der Waals surface area contributed by atoms with Crippen molar-refractivity contribution < 1.29 is 97.0 Å². The first-order chi connectivity index (χ1) is 67.3. The molecule has 8 atom stereocenters. The average molecular weight is 2010 g/mol. The monoisotopic (exact) mass is 2010 g/mol. The maximum atomic E-state index is 13.3. The van der Waals surface area contributed by atoms with E-state index >= 15 is 0 Å². The number of amides is 4. The maximum absolute atomic E-state index is 13.3. The van der Waals surface area contributed by atoms with E-state index in [2.05, 4.69) is 40.2 Å². The van der Waals surface area contributed by atoms with E-state index in [1.54, 1.807) is 243 Å². The van der Waals surface area contributed by atoms with Crippen molar-refractivity contribution >= 4 is 75.1 Å². The predicted molar refractivity (Wildman–Crippen MR) is 544 cm³/mol. The summed E-state index contributed by atoms with van der Waals surface area (Å²) in [7, 11) is -14.3. The molecule has 16 rings (SSSR count). The third-order valence-corrected chi connectivity index (χ3v) is 31.1. The highest BCUT2D eigenvalue weighted by Crippen LogP contribution is 2.47. The quantitative estimate of drug-likeness (QED) is 0.0217. The van der Waals surface area contributed by atoms with Crippen molar-refractivity contribution in [3.63, 3.8) is 0 Å². The lowest BCUT2D eigenvalue weighted by Gasteiger charge is -2.42. The number of hydrogen-bond acceptors (Lipinski definition) is 21. The van der Waals surface area contributed by atoms with Crippen LogP contribution in [0.4, 0.5) is 11.4 Å². The second-order valence-corrected chi connectivity index (χ2v) is 43.9. The number of methoxy groups -OCH3 is 1. The smallest absolute Gasteiger partial charge is 0.255 e. The molecule has 0 bridgehead atoms. The normalized spacial score (nSPS) is 18.7. The van der Waals surface area contributed by atoms with Crippen LogP contribution >= 0.6 is 0 Å². The van der Waals surface area contributed by atoms with Crippen molar-refractivity contribution in [1.29, 1.82) is 0 Å². The maximum Gasteiger partial charge on any atom is 0.255 e. The van der Waals surface area contributed by atoms with Gasteiger partial charge in [-0.15, -0.1) is 0 Å². The minimum absolute atomic E-state index is 0.0864. The fourth-order valence-corrected chi connectivity index (χ4v) is 21.5. The molecule has 748 valence electrons. The summed E-state index contributed by atoms with van der Waals surface area (Å²) < 4.78 is 146. The molecule has 4 amide bonds. The molecule has 4 aliphatic rings. The van der Waals surface area contributed by atoms with Gasteiger partial charge in [0.25, 0.3) is 23.6 Å². The van der Waals surface area contributed by atoms with Crippen LogP contribution in [0.2, 0.25) is 0 Å².